The Labute approximate surface area is 166 Å². The van der Waals surface area contributed by atoms with Gasteiger partial charge in [-0.1, -0.05) is 78.8 Å². The van der Waals surface area contributed by atoms with Crippen molar-refractivity contribution >= 4 is 5.82 Å². The zero-order valence-corrected chi connectivity index (χ0v) is 19.1. The highest BCUT2D eigenvalue weighted by atomic mass is 16.1. The normalized spacial score (nSPS) is 16.4. The van der Waals surface area contributed by atoms with Crippen molar-refractivity contribution in [3.63, 3.8) is 0 Å². The Morgan fingerprint density at radius 1 is 0.963 bits per heavy atom. The van der Waals surface area contributed by atoms with Crippen LogP contribution in [0.15, 0.2) is 35.1 Å². The molecule has 1 aliphatic heterocycles. The average molecular weight is 373 g/mol. The SMILES string of the molecule is CC.CC.CC.CCn1c(C)c(C)c(=O)c2c1NC(c1ccccc1)C2C. The van der Waals surface area contributed by atoms with E-state index in [9.17, 15) is 4.79 Å². The Kier molecular flexibility index (Phi) is 11.4. The average Bonchev–Trinajstić information content (AvgIpc) is 3.09. The number of hydrogen-bond acceptors (Lipinski definition) is 2. The molecule has 2 heterocycles. The summed E-state index contributed by atoms with van der Waals surface area (Å²) in [6.07, 6.45) is 0. The zero-order valence-electron chi connectivity index (χ0n) is 19.1. The lowest BCUT2D eigenvalue weighted by Gasteiger charge is -2.18. The highest BCUT2D eigenvalue weighted by Gasteiger charge is 2.34. The van der Waals surface area contributed by atoms with Crippen molar-refractivity contribution in [2.75, 3.05) is 5.32 Å². The topological polar surface area (TPSA) is 34.0 Å². The molecule has 0 saturated heterocycles. The van der Waals surface area contributed by atoms with Crippen LogP contribution in [0.3, 0.4) is 0 Å². The first kappa shape index (κ1) is 25.0. The van der Waals surface area contributed by atoms with E-state index in [1.54, 1.807) is 0 Å². The number of hydrogen-bond donors (Lipinski definition) is 1. The van der Waals surface area contributed by atoms with Gasteiger partial charge in [-0.15, -0.1) is 0 Å². The van der Waals surface area contributed by atoms with Crippen LogP contribution >= 0.6 is 0 Å². The van der Waals surface area contributed by atoms with Gasteiger partial charge >= 0.3 is 0 Å². The lowest BCUT2D eigenvalue weighted by atomic mass is 9.91. The number of aromatic nitrogens is 1. The van der Waals surface area contributed by atoms with Crippen molar-refractivity contribution in [3.05, 3.63) is 62.9 Å². The second-order valence-corrected chi connectivity index (χ2v) is 5.87. The molecule has 2 aromatic rings. The molecule has 0 fully saturated rings. The first-order valence-electron chi connectivity index (χ1n) is 10.6. The fraction of sp³-hybridized carbons (Fsp3) is 0.542. The van der Waals surface area contributed by atoms with Crippen LogP contribution in [0.25, 0.3) is 0 Å². The van der Waals surface area contributed by atoms with Gasteiger partial charge in [0, 0.05) is 29.3 Å². The molecule has 1 aliphatic rings. The van der Waals surface area contributed by atoms with Gasteiger partial charge in [-0.05, 0) is 26.3 Å². The monoisotopic (exact) mass is 372 g/mol. The van der Waals surface area contributed by atoms with Gasteiger partial charge in [0.2, 0.25) is 0 Å². The van der Waals surface area contributed by atoms with Crippen molar-refractivity contribution in [2.45, 2.75) is 87.7 Å². The number of fused-ring (bicyclic) bond motifs is 1. The molecule has 0 aliphatic carbocycles. The fourth-order valence-corrected chi connectivity index (χ4v) is 3.43. The molecule has 0 spiro atoms. The molecule has 2 unspecified atom stereocenters. The third-order valence-electron chi connectivity index (χ3n) is 4.78. The van der Waals surface area contributed by atoms with Gasteiger partial charge in [0.1, 0.15) is 5.82 Å². The molecule has 27 heavy (non-hydrogen) atoms. The van der Waals surface area contributed by atoms with Crippen LogP contribution in [-0.4, -0.2) is 4.57 Å². The Hall–Kier alpha value is -2.03. The Balaban J connectivity index is 0.00000103. The van der Waals surface area contributed by atoms with E-state index >= 15 is 0 Å². The summed E-state index contributed by atoms with van der Waals surface area (Å²) in [5, 5.41) is 3.59. The minimum absolute atomic E-state index is 0.174. The van der Waals surface area contributed by atoms with E-state index < -0.39 is 0 Å². The number of pyridine rings is 1. The van der Waals surface area contributed by atoms with Crippen molar-refractivity contribution in [1.82, 2.24) is 4.57 Å². The summed E-state index contributed by atoms with van der Waals surface area (Å²) in [5.74, 6) is 1.19. The molecule has 152 valence electrons. The summed E-state index contributed by atoms with van der Waals surface area (Å²) in [6.45, 7) is 21.1. The Morgan fingerprint density at radius 2 is 1.48 bits per heavy atom. The molecule has 3 heteroatoms. The van der Waals surface area contributed by atoms with E-state index in [0.29, 0.717) is 0 Å². The summed E-state index contributed by atoms with van der Waals surface area (Å²) < 4.78 is 2.23. The van der Waals surface area contributed by atoms with E-state index in [-0.39, 0.29) is 17.4 Å². The van der Waals surface area contributed by atoms with Crippen LogP contribution in [0.4, 0.5) is 5.82 Å². The molecular weight excluding hydrogens is 332 g/mol. The number of rotatable bonds is 2. The standard InChI is InChI=1S/C18H22N2O.3C2H6/c1-5-20-13(4)11(2)17(21)15-12(3)16(19-18(15)20)14-9-7-6-8-10-14;3*1-2/h6-10,12,16,19H,5H2,1-4H3;3*1-2H3. The smallest absolute Gasteiger partial charge is 0.190 e. The van der Waals surface area contributed by atoms with Crippen molar-refractivity contribution in [2.24, 2.45) is 0 Å². The number of anilines is 1. The fourth-order valence-electron chi connectivity index (χ4n) is 3.43. The van der Waals surface area contributed by atoms with Crippen LogP contribution in [0.5, 0.6) is 0 Å². The molecule has 0 saturated carbocycles. The van der Waals surface area contributed by atoms with Gasteiger partial charge in [0.05, 0.1) is 6.04 Å². The highest BCUT2D eigenvalue weighted by Crippen LogP contribution is 2.42. The van der Waals surface area contributed by atoms with E-state index in [4.69, 9.17) is 0 Å². The molecule has 0 amide bonds. The van der Waals surface area contributed by atoms with Gasteiger partial charge in [-0.2, -0.15) is 0 Å². The molecule has 1 aromatic carbocycles. The summed E-state index contributed by atoms with van der Waals surface area (Å²) in [7, 11) is 0. The van der Waals surface area contributed by atoms with Crippen molar-refractivity contribution < 1.29 is 0 Å². The minimum Gasteiger partial charge on any atom is -0.364 e. The van der Waals surface area contributed by atoms with Crippen LogP contribution in [0.2, 0.25) is 0 Å². The molecule has 3 rings (SSSR count). The summed E-state index contributed by atoms with van der Waals surface area (Å²) in [5.41, 5.74) is 4.31. The summed E-state index contributed by atoms with van der Waals surface area (Å²) in [6, 6.07) is 10.6. The Bertz CT molecular complexity index is 732. The quantitative estimate of drug-likeness (QED) is 0.626. The predicted octanol–water partition coefficient (Wildman–Crippen LogP) is 6.83. The molecule has 1 N–H and O–H groups in total. The maximum Gasteiger partial charge on any atom is 0.190 e. The second kappa shape index (κ2) is 12.4. The zero-order chi connectivity index (χ0) is 21.1. The molecule has 0 radical (unpaired) electrons. The van der Waals surface area contributed by atoms with Gasteiger partial charge < -0.3 is 9.88 Å². The number of nitrogens with zero attached hydrogens (tertiary/aromatic N) is 1. The maximum absolute atomic E-state index is 12.7. The lowest BCUT2D eigenvalue weighted by Crippen LogP contribution is -2.20. The minimum atomic E-state index is 0.174. The number of benzene rings is 1. The van der Waals surface area contributed by atoms with Gasteiger partial charge in [-0.25, -0.2) is 0 Å². The third-order valence-corrected chi connectivity index (χ3v) is 4.78. The van der Waals surface area contributed by atoms with Gasteiger partial charge in [0.25, 0.3) is 0 Å². The largest absolute Gasteiger partial charge is 0.364 e. The molecular formula is C24H40N2O. The molecule has 1 aromatic heterocycles. The first-order chi connectivity index (χ1) is 13.1. The molecule has 3 nitrogen and oxygen atoms in total. The van der Waals surface area contributed by atoms with Gasteiger partial charge in [-0.3, -0.25) is 4.79 Å². The summed E-state index contributed by atoms with van der Waals surface area (Å²) in [4.78, 5) is 12.7. The highest BCUT2D eigenvalue weighted by molar-refractivity contribution is 5.58. The summed E-state index contributed by atoms with van der Waals surface area (Å²) >= 11 is 0. The second-order valence-electron chi connectivity index (χ2n) is 5.87. The first-order valence-corrected chi connectivity index (χ1v) is 10.6. The lowest BCUT2D eigenvalue weighted by molar-refractivity contribution is 0.673. The van der Waals surface area contributed by atoms with Crippen LogP contribution in [0.1, 0.15) is 89.7 Å². The van der Waals surface area contributed by atoms with Crippen molar-refractivity contribution in [1.29, 1.82) is 0 Å². The maximum atomic E-state index is 12.7. The predicted molar refractivity (Wildman–Crippen MR) is 121 cm³/mol. The van der Waals surface area contributed by atoms with E-state index in [0.717, 1.165) is 29.2 Å². The Morgan fingerprint density at radius 3 is 1.96 bits per heavy atom. The van der Waals surface area contributed by atoms with Crippen LogP contribution in [0, 0.1) is 13.8 Å². The molecule has 2 atom stereocenters. The van der Waals surface area contributed by atoms with E-state index in [1.165, 1.54) is 5.56 Å². The van der Waals surface area contributed by atoms with Crippen LogP contribution in [-0.2, 0) is 6.54 Å². The molecule has 0 bridgehead atoms. The van der Waals surface area contributed by atoms with E-state index in [2.05, 4.69) is 48.0 Å². The third kappa shape index (κ3) is 5.03. The number of nitrogens with one attached hydrogen (secondary N) is 1. The van der Waals surface area contributed by atoms with E-state index in [1.807, 2.05) is 61.5 Å². The van der Waals surface area contributed by atoms with Crippen molar-refractivity contribution in [3.8, 4) is 0 Å². The van der Waals surface area contributed by atoms with Gasteiger partial charge in [0.15, 0.2) is 5.43 Å². The van der Waals surface area contributed by atoms with Crippen LogP contribution < -0.4 is 10.7 Å².